The second-order valence-electron chi connectivity index (χ2n) is 6.19. The van der Waals surface area contributed by atoms with Crippen molar-refractivity contribution in [2.24, 2.45) is 0 Å². The van der Waals surface area contributed by atoms with Crippen molar-refractivity contribution in [1.82, 2.24) is 4.90 Å². The molecule has 0 spiro atoms. The molecule has 3 nitrogen and oxygen atoms in total. The molecule has 0 N–H and O–H groups in total. The molecule has 0 aliphatic carbocycles. The van der Waals surface area contributed by atoms with Crippen LogP contribution >= 0.6 is 0 Å². The molecule has 1 aliphatic heterocycles. The van der Waals surface area contributed by atoms with E-state index < -0.39 is 0 Å². The number of carbonyl (C=O) groups excluding carboxylic acids is 1. The Morgan fingerprint density at radius 2 is 1.78 bits per heavy atom. The van der Waals surface area contributed by atoms with Gasteiger partial charge in [0.2, 0.25) is 0 Å². The molecule has 0 unspecified atom stereocenters. The van der Waals surface area contributed by atoms with Crippen LogP contribution in [0.15, 0.2) is 42.5 Å². The number of morpholine rings is 1. The highest BCUT2D eigenvalue weighted by Crippen LogP contribution is 2.20. The SMILES string of the molecule is Cc1ccc(C)c(C(=O)c2ccccc2CN2CCOCC2)c1. The molecular formula is C20H23NO2. The van der Waals surface area contributed by atoms with Crippen LogP contribution in [0.25, 0.3) is 0 Å². The summed E-state index contributed by atoms with van der Waals surface area (Å²) in [4.78, 5) is 15.4. The van der Waals surface area contributed by atoms with Crippen LogP contribution in [-0.4, -0.2) is 37.0 Å². The van der Waals surface area contributed by atoms with E-state index in [-0.39, 0.29) is 5.78 Å². The molecule has 0 aromatic heterocycles. The molecule has 2 aromatic carbocycles. The van der Waals surface area contributed by atoms with Crippen LogP contribution in [0.2, 0.25) is 0 Å². The summed E-state index contributed by atoms with van der Waals surface area (Å²) in [5.74, 6) is 0.120. The second-order valence-corrected chi connectivity index (χ2v) is 6.19. The van der Waals surface area contributed by atoms with E-state index in [2.05, 4.69) is 11.0 Å². The lowest BCUT2D eigenvalue weighted by atomic mass is 9.94. The summed E-state index contributed by atoms with van der Waals surface area (Å²) < 4.78 is 5.40. The Bertz CT molecular complexity index is 703. The molecule has 0 radical (unpaired) electrons. The molecule has 0 amide bonds. The van der Waals surface area contributed by atoms with Crippen LogP contribution in [0.4, 0.5) is 0 Å². The van der Waals surface area contributed by atoms with Gasteiger partial charge in [0.05, 0.1) is 13.2 Å². The number of nitrogens with zero attached hydrogens (tertiary/aromatic N) is 1. The fraction of sp³-hybridized carbons (Fsp3) is 0.350. The van der Waals surface area contributed by atoms with Crippen molar-refractivity contribution in [2.75, 3.05) is 26.3 Å². The first kappa shape index (κ1) is 15.9. The quantitative estimate of drug-likeness (QED) is 0.811. The van der Waals surface area contributed by atoms with E-state index in [1.807, 2.05) is 50.2 Å². The summed E-state index contributed by atoms with van der Waals surface area (Å²) in [6.45, 7) is 8.21. The van der Waals surface area contributed by atoms with Crippen LogP contribution in [0, 0.1) is 13.8 Å². The van der Waals surface area contributed by atoms with Gasteiger partial charge in [0.15, 0.2) is 5.78 Å². The van der Waals surface area contributed by atoms with E-state index in [0.717, 1.165) is 60.7 Å². The van der Waals surface area contributed by atoms with Gasteiger partial charge >= 0.3 is 0 Å². The minimum Gasteiger partial charge on any atom is -0.379 e. The molecule has 1 fully saturated rings. The summed E-state index contributed by atoms with van der Waals surface area (Å²) in [7, 11) is 0. The lowest BCUT2D eigenvalue weighted by Crippen LogP contribution is -2.36. The van der Waals surface area contributed by atoms with Gasteiger partial charge in [-0.2, -0.15) is 0 Å². The highest BCUT2D eigenvalue weighted by atomic mass is 16.5. The van der Waals surface area contributed by atoms with Crippen LogP contribution in [0.3, 0.4) is 0 Å². The smallest absolute Gasteiger partial charge is 0.193 e. The first-order valence-electron chi connectivity index (χ1n) is 8.15. The lowest BCUT2D eigenvalue weighted by Gasteiger charge is -2.27. The van der Waals surface area contributed by atoms with Gasteiger partial charge in [-0.15, -0.1) is 0 Å². The minimum atomic E-state index is 0.120. The highest BCUT2D eigenvalue weighted by molar-refractivity contribution is 6.10. The van der Waals surface area contributed by atoms with Crippen molar-refractivity contribution >= 4 is 5.78 Å². The number of aryl methyl sites for hydroxylation is 2. The third-order valence-corrected chi connectivity index (χ3v) is 4.40. The predicted molar refractivity (Wildman–Crippen MR) is 91.9 cm³/mol. The topological polar surface area (TPSA) is 29.5 Å². The largest absolute Gasteiger partial charge is 0.379 e. The summed E-state index contributed by atoms with van der Waals surface area (Å²) in [6, 6.07) is 14.0. The molecule has 0 saturated carbocycles. The molecule has 1 aliphatic rings. The number of hydrogen-bond donors (Lipinski definition) is 0. The number of carbonyl (C=O) groups is 1. The molecule has 3 heteroatoms. The summed E-state index contributed by atoms with van der Waals surface area (Å²) in [6.07, 6.45) is 0. The maximum atomic E-state index is 13.0. The van der Waals surface area contributed by atoms with E-state index in [9.17, 15) is 4.79 Å². The van der Waals surface area contributed by atoms with E-state index >= 15 is 0 Å². The number of benzene rings is 2. The third kappa shape index (κ3) is 3.69. The molecular weight excluding hydrogens is 286 g/mol. The molecule has 2 aromatic rings. The van der Waals surface area contributed by atoms with Crippen molar-refractivity contribution < 1.29 is 9.53 Å². The van der Waals surface area contributed by atoms with E-state index in [0.29, 0.717) is 0 Å². The van der Waals surface area contributed by atoms with Crippen molar-refractivity contribution in [1.29, 1.82) is 0 Å². The van der Waals surface area contributed by atoms with Gasteiger partial charge in [0.1, 0.15) is 0 Å². The maximum Gasteiger partial charge on any atom is 0.193 e. The molecule has 120 valence electrons. The Balaban J connectivity index is 1.90. The van der Waals surface area contributed by atoms with Crippen molar-refractivity contribution in [2.45, 2.75) is 20.4 Å². The predicted octanol–water partition coefficient (Wildman–Crippen LogP) is 3.37. The Hall–Kier alpha value is -1.97. The van der Waals surface area contributed by atoms with Gasteiger partial charge in [-0.1, -0.05) is 42.0 Å². The Kier molecular flexibility index (Phi) is 4.89. The molecule has 3 rings (SSSR count). The van der Waals surface area contributed by atoms with Crippen LogP contribution < -0.4 is 0 Å². The first-order valence-corrected chi connectivity index (χ1v) is 8.15. The first-order chi connectivity index (χ1) is 11.1. The van der Waals surface area contributed by atoms with Crippen LogP contribution in [0.1, 0.15) is 32.6 Å². The number of ether oxygens (including phenoxy) is 1. The summed E-state index contributed by atoms with van der Waals surface area (Å²) in [5, 5.41) is 0. The van der Waals surface area contributed by atoms with Gasteiger partial charge < -0.3 is 4.74 Å². The fourth-order valence-electron chi connectivity index (χ4n) is 3.01. The summed E-state index contributed by atoms with van der Waals surface area (Å²) >= 11 is 0. The Morgan fingerprint density at radius 1 is 1.04 bits per heavy atom. The molecule has 0 bridgehead atoms. The zero-order chi connectivity index (χ0) is 16.2. The second kappa shape index (κ2) is 7.07. The molecule has 23 heavy (non-hydrogen) atoms. The standard InChI is InChI=1S/C20H23NO2/c1-15-7-8-16(2)19(13-15)20(22)18-6-4-3-5-17(18)14-21-9-11-23-12-10-21/h3-8,13H,9-12,14H2,1-2H3. The minimum absolute atomic E-state index is 0.120. The van der Waals surface area contributed by atoms with Gasteiger partial charge in [-0.05, 0) is 31.0 Å². The summed E-state index contributed by atoms with van der Waals surface area (Å²) in [5.41, 5.74) is 4.86. The normalized spacial score (nSPS) is 15.6. The van der Waals surface area contributed by atoms with Gasteiger partial charge in [0, 0.05) is 30.8 Å². The average molecular weight is 309 g/mol. The number of hydrogen-bond acceptors (Lipinski definition) is 3. The average Bonchev–Trinajstić information content (AvgIpc) is 2.58. The van der Waals surface area contributed by atoms with Gasteiger partial charge in [-0.3, -0.25) is 9.69 Å². The Morgan fingerprint density at radius 3 is 2.57 bits per heavy atom. The van der Waals surface area contributed by atoms with E-state index in [4.69, 9.17) is 4.74 Å². The van der Waals surface area contributed by atoms with E-state index in [1.54, 1.807) is 0 Å². The zero-order valence-electron chi connectivity index (χ0n) is 13.8. The van der Waals surface area contributed by atoms with Crippen LogP contribution in [-0.2, 0) is 11.3 Å². The highest BCUT2D eigenvalue weighted by Gasteiger charge is 2.18. The molecule has 0 atom stereocenters. The van der Waals surface area contributed by atoms with Gasteiger partial charge in [0.25, 0.3) is 0 Å². The van der Waals surface area contributed by atoms with E-state index in [1.165, 1.54) is 0 Å². The monoisotopic (exact) mass is 309 g/mol. The maximum absolute atomic E-state index is 13.0. The molecule has 1 heterocycles. The number of rotatable bonds is 4. The third-order valence-electron chi connectivity index (χ3n) is 4.40. The Labute approximate surface area is 137 Å². The lowest BCUT2D eigenvalue weighted by molar-refractivity contribution is 0.0341. The molecule has 1 saturated heterocycles. The van der Waals surface area contributed by atoms with Gasteiger partial charge in [-0.25, -0.2) is 0 Å². The van der Waals surface area contributed by atoms with Crippen LogP contribution in [0.5, 0.6) is 0 Å². The number of ketones is 1. The van der Waals surface area contributed by atoms with Crippen molar-refractivity contribution in [3.63, 3.8) is 0 Å². The zero-order valence-corrected chi connectivity index (χ0v) is 13.8. The fourth-order valence-corrected chi connectivity index (χ4v) is 3.01. The van der Waals surface area contributed by atoms with Crippen molar-refractivity contribution in [3.8, 4) is 0 Å². The van der Waals surface area contributed by atoms with Crippen molar-refractivity contribution in [3.05, 3.63) is 70.3 Å².